The van der Waals surface area contributed by atoms with E-state index in [4.69, 9.17) is 0 Å². The minimum Gasteiger partial charge on any atom is -0.352 e. The number of carbonyl (C=O) groups is 1. The standard InChI is InChI=1S/C10H19N3O/c14-10-4-3-9(13-10)7-11-6-8-2-1-5-12-8/h8-9,11-12H,1-7H2,(H,13,14). The van der Waals surface area contributed by atoms with Gasteiger partial charge in [0.25, 0.3) is 0 Å². The molecule has 2 aliphatic rings. The van der Waals surface area contributed by atoms with Crippen molar-refractivity contribution in [2.75, 3.05) is 19.6 Å². The summed E-state index contributed by atoms with van der Waals surface area (Å²) >= 11 is 0. The predicted octanol–water partition coefficient (Wildman–Crippen LogP) is -0.393. The number of rotatable bonds is 4. The second-order valence-electron chi connectivity index (χ2n) is 4.25. The Morgan fingerprint density at radius 3 is 2.79 bits per heavy atom. The molecule has 14 heavy (non-hydrogen) atoms. The predicted molar refractivity (Wildman–Crippen MR) is 55.1 cm³/mol. The molecule has 1 amide bonds. The fourth-order valence-corrected chi connectivity index (χ4v) is 2.19. The van der Waals surface area contributed by atoms with Crippen molar-refractivity contribution in [1.29, 1.82) is 0 Å². The summed E-state index contributed by atoms with van der Waals surface area (Å²) in [6.07, 6.45) is 4.27. The maximum absolute atomic E-state index is 10.9. The number of hydrogen-bond acceptors (Lipinski definition) is 3. The molecule has 4 nitrogen and oxygen atoms in total. The Labute approximate surface area is 84.8 Å². The van der Waals surface area contributed by atoms with Crippen LogP contribution in [0.25, 0.3) is 0 Å². The molecule has 0 aromatic heterocycles. The zero-order valence-electron chi connectivity index (χ0n) is 8.51. The second-order valence-corrected chi connectivity index (χ2v) is 4.25. The van der Waals surface area contributed by atoms with Gasteiger partial charge in [-0.05, 0) is 25.8 Å². The van der Waals surface area contributed by atoms with Crippen LogP contribution < -0.4 is 16.0 Å². The molecule has 4 heteroatoms. The summed E-state index contributed by atoms with van der Waals surface area (Å²) in [5.41, 5.74) is 0. The van der Waals surface area contributed by atoms with Gasteiger partial charge in [-0.2, -0.15) is 0 Å². The Hall–Kier alpha value is -0.610. The van der Waals surface area contributed by atoms with Crippen molar-refractivity contribution in [3.05, 3.63) is 0 Å². The molecule has 3 N–H and O–H groups in total. The third-order valence-corrected chi connectivity index (χ3v) is 3.03. The van der Waals surface area contributed by atoms with Gasteiger partial charge in [-0.1, -0.05) is 0 Å². The molecule has 0 spiro atoms. The first kappa shape index (κ1) is 9.93. The van der Waals surface area contributed by atoms with E-state index in [2.05, 4.69) is 16.0 Å². The van der Waals surface area contributed by atoms with E-state index < -0.39 is 0 Å². The number of amides is 1. The molecule has 2 rings (SSSR count). The van der Waals surface area contributed by atoms with Crippen molar-refractivity contribution >= 4 is 5.91 Å². The molecule has 0 radical (unpaired) electrons. The first-order chi connectivity index (χ1) is 6.84. The summed E-state index contributed by atoms with van der Waals surface area (Å²) in [5, 5.41) is 9.81. The average Bonchev–Trinajstić information content (AvgIpc) is 2.77. The van der Waals surface area contributed by atoms with Crippen molar-refractivity contribution in [1.82, 2.24) is 16.0 Å². The average molecular weight is 197 g/mol. The molecule has 0 aliphatic carbocycles. The Balaban J connectivity index is 1.56. The molecule has 2 unspecified atom stereocenters. The summed E-state index contributed by atoms with van der Waals surface area (Å²) in [7, 11) is 0. The SMILES string of the molecule is O=C1CCC(CNCC2CCCN2)N1. The first-order valence-electron chi connectivity index (χ1n) is 5.58. The lowest BCUT2D eigenvalue weighted by atomic mass is 10.2. The lowest BCUT2D eigenvalue weighted by molar-refractivity contribution is -0.119. The van der Waals surface area contributed by atoms with E-state index >= 15 is 0 Å². The van der Waals surface area contributed by atoms with Crippen LogP contribution in [-0.4, -0.2) is 37.6 Å². The van der Waals surface area contributed by atoms with Crippen LogP contribution in [0.15, 0.2) is 0 Å². The van der Waals surface area contributed by atoms with Crippen LogP contribution in [0.2, 0.25) is 0 Å². The number of nitrogens with one attached hydrogen (secondary N) is 3. The maximum atomic E-state index is 10.9. The highest BCUT2D eigenvalue weighted by Crippen LogP contribution is 2.06. The smallest absolute Gasteiger partial charge is 0.220 e. The van der Waals surface area contributed by atoms with E-state index in [1.165, 1.54) is 12.8 Å². The van der Waals surface area contributed by atoms with Crippen molar-refractivity contribution in [2.24, 2.45) is 0 Å². The first-order valence-corrected chi connectivity index (χ1v) is 5.58. The van der Waals surface area contributed by atoms with Crippen LogP contribution in [0.4, 0.5) is 0 Å². The van der Waals surface area contributed by atoms with Crippen LogP contribution in [0.3, 0.4) is 0 Å². The summed E-state index contributed by atoms with van der Waals surface area (Å²) in [6, 6.07) is 1.01. The molecule has 0 bridgehead atoms. The van der Waals surface area contributed by atoms with Gasteiger partial charge >= 0.3 is 0 Å². The van der Waals surface area contributed by atoms with E-state index in [0.29, 0.717) is 18.5 Å². The molecule has 0 aromatic carbocycles. The number of carbonyl (C=O) groups excluding carboxylic acids is 1. The minimum absolute atomic E-state index is 0.204. The summed E-state index contributed by atoms with van der Waals surface area (Å²) < 4.78 is 0. The molecule has 2 atom stereocenters. The normalized spacial score (nSPS) is 32.1. The monoisotopic (exact) mass is 197 g/mol. The molecular formula is C10H19N3O. The summed E-state index contributed by atoms with van der Waals surface area (Å²) in [6.45, 7) is 3.11. The van der Waals surface area contributed by atoms with Gasteiger partial charge < -0.3 is 16.0 Å². The molecule has 2 aliphatic heterocycles. The van der Waals surface area contributed by atoms with Gasteiger partial charge in [0.2, 0.25) is 5.91 Å². The highest BCUT2D eigenvalue weighted by molar-refractivity contribution is 5.78. The molecule has 80 valence electrons. The second kappa shape index (κ2) is 4.75. The van der Waals surface area contributed by atoms with Gasteiger partial charge in [-0.25, -0.2) is 0 Å². The zero-order chi connectivity index (χ0) is 9.80. The lowest BCUT2D eigenvalue weighted by Crippen LogP contribution is -2.40. The van der Waals surface area contributed by atoms with Crippen LogP contribution in [0.5, 0.6) is 0 Å². The van der Waals surface area contributed by atoms with E-state index in [1.54, 1.807) is 0 Å². The van der Waals surface area contributed by atoms with E-state index in [1.807, 2.05) is 0 Å². The molecule has 0 aromatic rings. The van der Waals surface area contributed by atoms with Crippen molar-refractivity contribution in [3.63, 3.8) is 0 Å². The van der Waals surface area contributed by atoms with Crippen molar-refractivity contribution in [3.8, 4) is 0 Å². The molecular weight excluding hydrogens is 178 g/mol. The molecule has 2 heterocycles. The lowest BCUT2D eigenvalue weighted by Gasteiger charge is -2.14. The topological polar surface area (TPSA) is 53.2 Å². The maximum Gasteiger partial charge on any atom is 0.220 e. The zero-order valence-corrected chi connectivity index (χ0v) is 8.51. The Kier molecular flexibility index (Phi) is 3.37. The fraction of sp³-hybridized carbons (Fsp3) is 0.900. The number of hydrogen-bond donors (Lipinski definition) is 3. The highest BCUT2D eigenvalue weighted by atomic mass is 16.1. The van der Waals surface area contributed by atoms with Gasteiger partial charge in [0.1, 0.15) is 0 Å². The molecule has 2 saturated heterocycles. The van der Waals surface area contributed by atoms with Crippen LogP contribution in [-0.2, 0) is 4.79 Å². The van der Waals surface area contributed by atoms with Gasteiger partial charge in [0.05, 0.1) is 0 Å². The quantitative estimate of drug-likeness (QED) is 0.575. The minimum atomic E-state index is 0.204. The molecule has 2 fully saturated rings. The van der Waals surface area contributed by atoms with E-state index in [0.717, 1.165) is 26.1 Å². The van der Waals surface area contributed by atoms with Gasteiger partial charge in [-0.3, -0.25) is 4.79 Å². The van der Waals surface area contributed by atoms with E-state index in [9.17, 15) is 4.79 Å². The fourth-order valence-electron chi connectivity index (χ4n) is 2.19. The summed E-state index contributed by atoms with van der Waals surface area (Å²) in [5.74, 6) is 0.204. The Morgan fingerprint density at radius 2 is 2.14 bits per heavy atom. The van der Waals surface area contributed by atoms with Crippen LogP contribution in [0, 0.1) is 0 Å². The van der Waals surface area contributed by atoms with Gasteiger partial charge in [0.15, 0.2) is 0 Å². The van der Waals surface area contributed by atoms with Gasteiger partial charge in [0, 0.05) is 31.6 Å². The van der Waals surface area contributed by atoms with Crippen LogP contribution in [0.1, 0.15) is 25.7 Å². The summed E-state index contributed by atoms with van der Waals surface area (Å²) in [4.78, 5) is 10.9. The highest BCUT2D eigenvalue weighted by Gasteiger charge is 2.20. The molecule has 0 saturated carbocycles. The third kappa shape index (κ3) is 2.69. The third-order valence-electron chi connectivity index (χ3n) is 3.03. The van der Waals surface area contributed by atoms with Crippen molar-refractivity contribution < 1.29 is 4.79 Å². The van der Waals surface area contributed by atoms with Gasteiger partial charge in [-0.15, -0.1) is 0 Å². The van der Waals surface area contributed by atoms with Crippen LogP contribution >= 0.6 is 0 Å². The van der Waals surface area contributed by atoms with Crippen molar-refractivity contribution in [2.45, 2.75) is 37.8 Å². The largest absolute Gasteiger partial charge is 0.352 e. The van der Waals surface area contributed by atoms with E-state index in [-0.39, 0.29) is 5.91 Å². The Bertz CT molecular complexity index is 202. The Morgan fingerprint density at radius 1 is 1.29 bits per heavy atom.